The fourth-order valence-electron chi connectivity index (χ4n) is 5.88. The molecule has 7 rings (SSSR count). The third-order valence-corrected chi connectivity index (χ3v) is 7.83. The van der Waals surface area contributed by atoms with Gasteiger partial charge in [-0.3, -0.25) is 14.3 Å². The molecule has 3 N–H and O–H groups in total. The first-order valence-electron chi connectivity index (χ1n) is 13.6. The van der Waals surface area contributed by atoms with Crippen LogP contribution in [0.1, 0.15) is 36.2 Å². The zero-order chi connectivity index (χ0) is 28.1. The standard InChI is InChI=1S/C29H27N9O3/c1-2-37-25-19(28(39)36-14-12-18(13-15-36)38-21-11-7-6-10-20(21)32-29(38)40)16-31-22(17-8-4-3-5-9-17)23(25)33-27(37)24-26(30)35-41-34-24/h3-11,16,18H,2,12-15H2,1H3,(H2,30,35)(H,32,40). The Bertz CT molecular complexity index is 1960. The van der Waals surface area contributed by atoms with Gasteiger partial charge in [0.15, 0.2) is 17.3 Å². The molecule has 1 aliphatic rings. The summed E-state index contributed by atoms with van der Waals surface area (Å²) in [7, 11) is 0. The van der Waals surface area contributed by atoms with Crippen molar-refractivity contribution in [2.24, 2.45) is 0 Å². The Kier molecular flexibility index (Phi) is 5.88. The molecule has 1 aliphatic heterocycles. The SMILES string of the molecule is CCn1c(-c2nonc2N)nc2c(-c3ccccc3)ncc(C(=O)N3CCC(n4c(=O)[nH]c5ccccc54)CC3)c21. The van der Waals surface area contributed by atoms with E-state index in [0.717, 1.165) is 16.6 Å². The van der Waals surface area contributed by atoms with E-state index in [2.05, 4.69) is 15.3 Å². The molecule has 2 aromatic carbocycles. The predicted octanol–water partition coefficient (Wildman–Crippen LogP) is 3.87. The van der Waals surface area contributed by atoms with Crippen LogP contribution in [0.2, 0.25) is 0 Å². The largest absolute Gasteiger partial charge is 0.379 e. The maximum atomic E-state index is 14.1. The smallest absolute Gasteiger partial charge is 0.326 e. The van der Waals surface area contributed by atoms with Crippen molar-refractivity contribution in [3.63, 3.8) is 0 Å². The van der Waals surface area contributed by atoms with Gasteiger partial charge in [0.2, 0.25) is 0 Å². The number of hydrogen-bond donors (Lipinski definition) is 2. The lowest BCUT2D eigenvalue weighted by Crippen LogP contribution is -2.40. The number of aromatic amines is 1. The first-order chi connectivity index (χ1) is 20.0. The molecule has 0 aliphatic carbocycles. The molecule has 0 unspecified atom stereocenters. The molecule has 1 saturated heterocycles. The number of carbonyl (C=O) groups excluding carboxylic acids is 1. The van der Waals surface area contributed by atoms with Gasteiger partial charge in [-0.05, 0) is 42.2 Å². The summed E-state index contributed by atoms with van der Waals surface area (Å²) in [6.07, 6.45) is 2.95. The van der Waals surface area contributed by atoms with Crippen LogP contribution < -0.4 is 11.4 Å². The van der Waals surface area contributed by atoms with Gasteiger partial charge in [-0.2, -0.15) is 0 Å². The maximum absolute atomic E-state index is 14.1. The van der Waals surface area contributed by atoms with Gasteiger partial charge in [0.05, 0.1) is 27.8 Å². The van der Waals surface area contributed by atoms with Crippen molar-refractivity contribution in [2.75, 3.05) is 18.8 Å². The molecule has 6 aromatic rings. The van der Waals surface area contributed by atoms with Crippen LogP contribution in [0.3, 0.4) is 0 Å². The van der Waals surface area contributed by atoms with Crippen molar-refractivity contribution in [1.29, 1.82) is 0 Å². The normalized spacial score (nSPS) is 14.3. The van der Waals surface area contributed by atoms with Gasteiger partial charge in [-0.1, -0.05) is 42.5 Å². The highest BCUT2D eigenvalue weighted by molar-refractivity contribution is 6.08. The van der Waals surface area contributed by atoms with Crippen LogP contribution >= 0.6 is 0 Å². The minimum atomic E-state index is -0.140. The number of anilines is 1. The number of fused-ring (bicyclic) bond motifs is 2. The summed E-state index contributed by atoms with van der Waals surface area (Å²) in [4.78, 5) is 41.2. The molecule has 0 saturated carbocycles. The predicted molar refractivity (Wildman–Crippen MR) is 153 cm³/mol. The van der Waals surface area contributed by atoms with Crippen molar-refractivity contribution < 1.29 is 9.42 Å². The first kappa shape index (κ1) is 24.8. The van der Waals surface area contributed by atoms with E-state index in [1.807, 2.05) is 75.6 Å². The average Bonchev–Trinajstić information content (AvgIpc) is 3.70. The van der Waals surface area contributed by atoms with Crippen molar-refractivity contribution in [3.8, 4) is 22.8 Å². The molecule has 0 bridgehead atoms. The number of nitrogens with one attached hydrogen (secondary N) is 1. The van der Waals surface area contributed by atoms with E-state index in [4.69, 9.17) is 20.3 Å². The number of aryl methyl sites for hydroxylation is 1. The fraction of sp³-hybridized carbons (Fsp3) is 0.241. The van der Waals surface area contributed by atoms with Crippen LogP contribution in [0.25, 0.3) is 44.8 Å². The minimum absolute atomic E-state index is 0.00304. The van der Waals surface area contributed by atoms with Gasteiger partial charge in [0.25, 0.3) is 5.91 Å². The van der Waals surface area contributed by atoms with Gasteiger partial charge in [-0.25, -0.2) is 14.4 Å². The van der Waals surface area contributed by atoms with E-state index in [1.54, 1.807) is 6.20 Å². The van der Waals surface area contributed by atoms with Crippen molar-refractivity contribution in [3.05, 3.63) is 76.8 Å². The topological polar surface area (TPSA) is 154 Å². The number of hydrogen-bond acceptors (Lipinski definition) is 8. The molecule has 12 nitrogen and oxygen atoms in total. The second kappa shape index (κ2) is 9.73. The van der Waals surface area contributed by atoms with Crippen LogP contribution in [-0.4, -0.2) is 58.3 Å². The number of imidazole rings is 2. The summed E-state index contributed by atoms with van der Waals surface area (Å²) in [6.45, 7) is 3.48. The molecule has 0 atom stereocenters. The van der Waals surface area contributed by atoms with Crippen LogP contribution in [-0.2, 0) is 6.54 Å². The third-order valence-electron chi connectivity index (χ3n) is 7.83. The number of amides is 1. The Hall–Kier alpha value is -5.26. The number of rotatable bonds is 5. The highest BCUT2D eigenvalue weighted by atomic mass is 16.6. The molecule has 5 heterocycles. The lowest BCUT2D eigenvalue weighted by atomic mass is 10.0. The first-order valence-corrected chi connectivity index (χ1v) is 13.6. The summed E-state index contributed by atoms with van der Waals surface area (Å²) in [5, 5.41) is 7.70. The minimum Gasteiger partial charge on any atom is -0.379 e. The van der Waals surface area contributed by atoms with Gasteiger partial charge in [0, 0.05) is 37.4 Å². The highest BCUT2D eigenvalue weighted by Crippen LogP contribution is 2.35. The molecule has 0 spiro atoms. The second-order valence-corrected chi connectivity index (χ2v) is 10.1. The monoisotopic (exact) mass is 549 g/mol. The van der Waals surface area contributed by atoms with Crippen molar-refractivity contribution >= 4 is 33.8 Å². The molecule has 4 aromatic heterocycles. The zero-order valence-corrected chi connectivity index (χ0v) is 22.3. The van der Waals surface area contributed by atoms with E-state index < -0.39 is 0 Å². The average molecular weight is 550 g/mol. The van der Waals surface area contributed by atoms with E-state index >= 15 is 0 Å². The number of benzene rings is 2. The summed E-state index contributed by atoms with van der Waals surface area (Å²) in [5.74, 6) is 0.434. The molecule has 1 fully saturated rings. The molecular weight excluding hydrogens is 522 g/mol. The Morgan fingerprint density at radius 3 is 2.54 bits per heavy atom. The lowest BCUT2D eigenvalue weighted by molar-refractivity contribution is 0.0696. The molecule has 41 heavy (non-hydrogen) atoms. The van der Waals surface area contributed by atoms with E-state index in [0.29, 0.717) is 66.3 Å². The summed E-state index contributed by atoms with van der Waals surface area (Å²) in [5.41, 5.74) is 11.1. The van der Waals surface area contributed by atoms with Gasteiger partial charge < -0.3 is 20.2 Å². The molecule has 206 valence electrons. The number of piperidine rings is 1. The fourth-order valence-corrected chi connectivity index (χ4v) is 5.88. The van der Waals surface area contributed by atoms with E-state index in [1.165, 1.54) is 0 Å². The number of para-hydroxylation sites is 2. The quantitative estimate of drug-likeness (QED) is 0.329. The van der Waals surface area contributed by atoms with Crippen LogP contribution in [0.4, 0.5) is 5.82 Å². The number of pyridine rings is 1. The Labute approximate surface area is 233 Å². The number of carbonyl (C=O) groups is 1. The van der Waals surface area contributed by atoms with Crippen LogP contribution in [0.15, 0.2) is 70.2 Å². The zero-order valence-electron chi connectivity index (χ0n) is 22.3. The van der Waals surface area contributed by atoms with E-state index in [9.17, 15) is 9.59 Å². The summed E-state index contributed by atoms with van der Waals surface area (Å²) < 4.78 is 8.59. The van der Waals surface area contributed by atoms with Crippen LogP contribution in [0.5, 0.6) is 0 Å². The lowest BCUT2D eigenvalue weighted by Gasteiger charge is -2.32. The number of H-pyrrole nitrogens is 1. The number of aromatic nitrogens is 7. The number of nitrogens with two attached hydrogens (primary N) is 1. The summed E-state index contributed by atoms with van der Waals surface area (Å²) in [6, 6.07) is 17.4. The number of nitrogen functional groups attached to an aromatic ring is 1. The van der Waals surface area contributed by atoms with Crippen molar-refractivity contribution in [1.82, 2.24) is 39.3 Å². The van der Waals surface area contributed by atoms with Gasteiger partial charge in [-0.15, -0.1) is 0 Å². The molecule has 12 heteroatoms. The van der Waals surface area contributed by atoms with Crippen LogP contribution in [0, 0.1) is 0 Å². The number of likely N-dealkylation sites (tertiary alicyclic amines) is 1. The van der Waals surface area contributed by atoms with E-state index in [-0.39, 0.29) is 23.5 Å². The van der Waals surface area contributed by atoms with Crippen molar-refractivity contribution in [2.45, 2.75) is 32.4 Å². The summed E-state index contributed by atoms with van der Waals surface area (Å²) >= 11 is 0. The second-order valence-electron chi connectivity index (χ2n) is 10.1. The third kappa shape index (κ3) is 3.98. The number of nitrogens with zero attached hydrogens (tertiary/aromatic N) is 7. The molecular formula is C29H27N9O3. The Morgan fingerprint density at radius 2 is 1.80 bits per heavy atom. The molecule has 0 radical (unpaired) electrons. The Morgan fingerprint density at radius 1 is 1.05 bits per heavy atom. The highest BCUT2D eigenvalue weighted by Gasteiger charge is 2.30. The maximum Gasteiger partial charge on any atom is 0.326 e. The Balaban J connectivity index is 1.28. The van der Waals surface area contributed by atoms with Gasteiger partial charge in [0.1, 0.15) is 5.52 Å². The van der Waals surface area contributed by atoms with Gasteiger partial charge >= 0.3 is 5.69 Å². The molecule has 1 amide bonds.